The lowest BCUT2D eigenvalue weighted by Crippen LogP contribution is -2.15. The number of carbonyl (C=O) groups excluding carboxylic acids is 1. The molecule has 2 aromatic heterocycles. The molecule has 0 spiro atoms. The summed E-state index contributed by atoms with van der Waals surface area (Å²) >= 11 is 0. The first-order chi connectivity index (χ1) is 13.0. The van der Waals surface area contributed by atoms with E-state index in [1.807, 2.05) is 0 Å². The van der Waals surface area contributed by atoms with Crippen LogP contribution in [0.4, 0.5) is 17.3 Å². The average molecular weight is 365 g/mol. The quantitative estimate of drug-likeness (QED) is 0.680. The molecule has 0 bridgehead atoms. The summed E-state index contributed by atoms with van der Waals surface area (Å²) in [6.07, 6.45) is 1.80. The van der Waals surface area contributed by atoms with Crippen molar-refractivity contribution in [1.82, 2.24) is 15.1 Å². The van der Waals surface area contributed by atoms with Gasteiger partial charge in [-0.3, -0.25) is 4.79 Å². The van der Waals surface area contributed by atoms with Gasteiger partial charge in [-0.15, -0.1) is 0 Å². The number of hydrogen-bond acceptors (Lipinski definition) is 6. The lowest BCUT2D eigenvalue weighted by molar-refractivity contribution is 0.102. The summed E-state index contributed by atoms with van der Waals surface area (Å²) in [6, 6.07) is 9.54. The second kappa shape index (κ2) is 7.99. The number of para-hydroxylation sites is 1. The normalized spacial score (nSPS) is 10.7. The van der Waals surface area contributed by atoms with E-state index in [2.05, 4.69) is 57.8 Å². The fraction of sp³-hybridized carbons (Fsp3) is 0.300. The molecule has 0 unspecified atom stereocenters. The maximum absolute atomic E-state index is 12.5. The minimum absolute atomic E-state index is 0.262. The number of anilines is 3. The van der Waals surface area contributed by atoms with E-state index in [9.17, 15) is 4.79 Å². The molecule has 7 nitrogen and oxygen atoms in total. The van der Waals surface area contributed by atoms with E-state index in [-0.39, 0.29) is 11.6 Å². The molecule has 1 amide bonds. The maximum atomic E-state index is 12.5. The highest BCUT2D eigenvalue weighted by atomic mass is 16.5. The molecule has 3 rings (SSSR count). The zero-order valence-electron chi connectivity index (χ0n) is 16.0. The van der Waals surface area contributed by atoms with Crippen molar-refractivity contribution in [2.24, 2.45) is 0 Å². The van der Waals surface area contributed by atoms with Gasteiger partial charge in [0.2, 0.25) is 0 Å². The summed E-state index contributed by atoms with van der Waals surface area (Å²) in [6.45, 7) is 7.75. The van der Waals surface area contributed by atoms with Crippen molar-refractivity contribution in [3.8, 4) is 0 Å². The van der Waals surface area contributed by atoms with Crippen LogP contribution in [0.3, 0.4) is 0 Å². The summed E-state index contributed by atoms with van der Waals surface area (Å²) in [5.41, 5.74) is 3.71. The van der Waals surface area contributed by atoms with Crippen molar-refractivity contribution in [1.29, 1.82) is 0 Å². The van der Waals surface area contributed by atoms with Crippen LogP contribution >= 0.6 is 0 Å². The lowest BCUT2D eigenvalue weighted by Gasteiger charge is -2.15. The highest BCUT2D eigenvalue weighted by Gasteiger charge is 2.14. The van der Waals surface area contributed by atoms with E-state index in [4.69, 9.17) is 4.52 Å². The molecular formula is C20H23N5O2. The summed E-state index contributed by atoms with van der Waals surface area (Å²) < 4.78 is 4.97. The van der Waals surface area contributed by atoms with Gasteiger partial charge in [0.25, 0.3) is 5.91 Å². The van der Waals surface area contributed by atoms with Gasteiger partial charge in [0.05, 0.1) is 0 Å². The van der Waals surface area contributed by atoms with Crippen molar-refractivity contribution in [2.75, 3.05) is 10.6 Å². The lowest BCUT2D eigenvalue weighted by atomic mass is 10.0. The van der Waals surface area contributed by atoms with Crippen LogP contribution in [-0.2, 0) is 12.8 Å². The Labute approximate surface area is 158 Å². The zero-order valence-corrected chi connectivity index (χ0v) is 16.0. The van der Waals surface area contributed by atoms with E-state index < -0.39 is 0 Å². The maximum Gasteiger partial charge on any atom is 0.275 e. The number of amides is 1. The van der Waals surface area contributed by atoms with Gasteiger partial charge in [-0.05, 0) is 37.8 Å². The van der Waals surface area contributed by atoms with Crippen molar-refractivity contribution in [3.63, 3.8) is 0 Å². The van der Waals surface area contributed by atoms with Crippen LogP contribution in [0.25, 0.3) is 0 Å². The van der Waals surface area contributed by atoms with E-state index >= 15 is 0 Å². The van der Waals surface area contributed by atoms with Gasteiger partial charge >= 0.3 is 0 Å². The highest BCUT2D eigenvalue weighted by Crippen LogP contribution is 2.26. The van der Waals surface area contributed by atoms with Crippen LogP contribution in [0.1, 0.15) is 47.0 Å². The predicted molar refractivity (Wildman–Crippen MR) is 104 cm³/mol. The van der Waals surface area contributed by atoms with Crippen molar-refractivity contribution >= 4 is 23.2 Å². The third-order valence-electron chi connectivity index (χ3n) is 4.19. The monoisotopic (exact) mass is 365 g/mol. The Hall–Kier alpha value is -3.22. The molecule has 2 N–H and O–H groups in total. The fourth-order valence-electron chi connectivity index (χ4n) is 2.88. The standard InChI is InChI=1S/C20H23N5O2/c1-5-14-8-7-9-15(6-2)19(14)23-17-11-16(21-13(4)22-17)20(26)24-18-10-12(3)27-25-18/h7-11H,5-6H2,1-4H3,(H,21,22,23)(H,24,25,26). The summed E-state index contributed by atoms with van der Waals surface area (Å²) in [4.78, 5) is 21.2. The first-order valence-corrected chi connectivity index (χ1v) is 8.98. The number of benzene rings is 1. The molecule has 3 aromatic rings. The molecule has 0 aliphatic rings. The van der Waals surface area contributed by atoms with Crippen LogP contribution in [0.2, 0.25) is 0 Å². The van der Waals surface area contributed by atoms with Gasteiger partial charge in [-0.1, -0.05) is 37.2 Å². The number of carbonyl (C=O) groups is 1. The summed E-state index contributed by atoms with van der Waals surface area (Å²) in [7, 11) is 0. The van der Waals surface area contributed by atoms with Gasteiger partial charge in [-0.2, -0.15) is 0 Å². The molecule has 0 saturated heterocycles. The summed E-state index contributed by atoms with van der Waals surface area (Å²) in [5.74, 6) is 1.70. The van der Waals surface area contributed by atoms with Gasteiger partial charge in [-0.25, -0.2) is 9.97 Å². The number of nitrogens with one attached hydrogen (secondary N) is 2. The Balaban J connectivity index is 1.89. The number of aryl methyl sites for hydroxylation is 4. The van der Waals surface area contributed by atoms with Crippen LogP contribution in [0, 0.1) is 13.8 Å². The minimum Gasteiger partial charge on any atom is -0.360 e. The molecule has 0 aliphatic carbocycles. The molecule has 2 heterocycles. The molecule has 0 saturated carbocycles. The number of nitrogens with zero attached hydrogens (tertiary/aromatic N) is 3. The van der Waals surface area contributed by atoms with Crippen LogP contribution in [-0.4, -0.2) is 21.0 Å². The smallest absolute Gasteiger partial charge is 0.275 e. The third kappa shape index (κ3) is 4.31. The number of aromatic nitrogens is 3. The molecule has 7 heteroatoms. The van der Waals surface area contributed by atoms with Gasteiger partial charge in [0.1, 0.15) is 23.1 Å². The van der Waals surface area contributed by atoms with Crippen molar-refractivity contribution < 1.29 is 9.32 Å². The van der Waals surface area contributed by atoms with Crippen LogP contribution in [0.5, 0.6) is 0 Å². The number of hydrogen-bond donors (Lipinski definition) is 2. The van der Waals surface area contributed by atoms with E-state index in [1.165, 1.54) is 11.1 Å². The van der Waals surface area contributed by atoms with Gasteiger partial charge in [0, 0.05) is 17.8 Å². The molecule has 0 fully saturated rings. The molecule has 0 atom stereocenters. The largest absolute Gasteiger partial charge is 0.360 e. The topological polar surface area (TPSA) is 92.9 Å². The Kier molecular flexibility index (Phi) is 5.49. The van der Waals surface area contributed by atoms with Gasteiger partial charge in [0.15, 0.2) is 5.82 Å². The van der Waals surface area contributed by atoms with Crippen LogP contribution < -0.4 is 10.6 Å². The minimum atomic E-state index is -0.364. The number of rotatable bonds is 6. The Morgan fingerprint density at radius 2 is 1.74 bits per heavy atom. The Morgan fingerprint density at radius 3 is 2.33 bits per heavy atom. The molecule has 140 valence electrons. The predicted octanol–water partition coefficient (Wildman–Crippen LogP) is 4.20. The SMILES string of the molecule is CCc1cccc(CC)c1Nc1cc(C(=O)Nc2cc(C)on2)nc(C)n1. The molecule has 0 radical (unpaired) electrons. The van der Waals surface area contributed by atoms with Crippen LogP contribution in [0.15, 0.2) is 34.9 Å². The van der Waals surface area contributed by atoms with Crippen molar-refractivity contribution in [2.45, 2.75) is 40.5 Å². The van der Waals surface area contributed by atoms with Gasteiger partial charge < -0.3 is 15.2 Å². The molecular weight excluding hydrogens is 342 g/mol. The zero-order chi connectivity index (χ0) is 19.4. The summed E-state index contributed by atoms with van der Waals surface area (Å²) in [5, 5.41) is 9.84. The highest BCUT2D eigenvalue weighted by molar-refractivity contribution is 6.02. The second-order valence-electron chi connectivity index (χ2n) is 6.25. The van der Waals surface area contributed by atoms with E-state index in [0.29, 0.717) is 23.2 Å². The fourth-order valence-corrected chi connectivity index (χ4v) is 2.88. The van der Waals surface area contributed by atoms with E-state index in [0.717, 1.165) is 18.5 Å². The molecule has 27 heavy (non-hydrogen) atoms. The van der Waals surface area contributed by atoms with E-state index in [1.54, 1.807) is 26.0 Å². The molecule has 0 aliphatic heterocycles. The van der Waals surface area contributed by atoms with Crippen molar-refractivity contribution in [3.05, 3.63) is 58.7 Å². The first-order valence-electron chi connectivity index (χ1n) is 8.98. The Morgan fingerprint density at radius 1 is 1.04 bits per heavy atom. The first kappa shape index (κ1) is 18.6. The Bertz CT molecular complexity index is 943. The second-order valence-corrected chi connectivity index (χ2v) is 6.25. The average Bonchev–Trinajstić information content (AvgIpc) is 3.06. The third-order valence-corrected chi connectivity index (χ3v) is 4.19. The molecule has 1 aromatic carbocycles.